The molecule has 0 unspecified atom stereocenters. The number of hydrogen-bond acceptors (Lipinski definition) is 5. The van der Waals surface area contributed by atoms with Gasteiger partial charge in [0.15, 0.2) is 0 Å². The van der Waals surface area contributed by atoms with E-state index < -0.39 is 0 Å². The summed E-state index contributed by atoms with van der Waals surface area (Å²) in [6, 6.07) is 1.67. The van der Waals surface area contributed by atoms with E-state index in [-0.39, 0.29) is 11.9 Å². The highest BCUT2D eigenvalue weighted by Crippen LogP contribution is 2.15. The second-order valence-corrected chi connectivity index (χ2v) is 5.74. The second kappa shape index (κ2) is 7.36. The van der Waals surface area contributed by atoms with Gasteiger partial charge in [0, 0.05) is 45.1 Å². The molecule has 1 amide bonds. The molecule has 0 bridgehead atoms. The van der Waals surface area contributed by atoms with Crippen LogP contribution in [-0.2, 0) is 11.3 Å². The molecule has 8 nitrogen and oxygen atoms in total. The molecule has 23 heavy (non-hydrogen) atoms. The first-order valence-electron chi connectivity index (χ1n) is 8.10. The molecule has 0 aliphatic carbocycles. The van der Waals surface area contributed by atoms with Crippen molar-refractivity contribution >= 4 is 5.91 Å². The van der Waals surface area contributed by atoms with E-state index >= 15 is 0 Å². The van der Waals surface area contributed by atoms with E-state index in [0.717, 1.165) is 45.7 Å². The molecule has 1 aliphatic heterocycles. The van der Waals surface area contributed by atoms with Gasteiger partial charge < -0.3 is 4.90 Å². The average Bonchev–Trinajstić information content (AvgIpc) is 3.28. The fourth-order valence-corrected chi connectivity index (χ4v) is 2.93. The first-order chi connectivity index (χ1) is 11.3. The van der Waals surface area contributed by atoms with E-state index in [2.05, 4.69) is 20.1 Å². The van der Waals surface area contributed by atoms with Gasteiger partial charge in [0.1, 0.15) is 18.7 Å². The van der Waals surface area contributed by atoms with Crippen molar-refractivity contribution in [3.8, 4) is 0 Å². The molecule has 8 heteroatoms. The highest BCUT2D eigenvalue weighted by atomic mass is 16.2. The van der Waals surface area contributed by atoms with Gasteiger partial charge in [-0.2, -0.15) is 10.2 Å². The third-order valence-electron chi connectivity index (χ3n) is 4.31. The molecule has 124 valence electrons. The quantitative estimate of drug-likeness (QED) is 0.765. The summed E-state index contributed by atoms with van der Waals surface area (Å²) in [4.78, 5) is 21.0. The van der Waals surface area contributed by atoms with Crippen molar-refractivity contribution in [2.75, 3.05) is 32.7 Å². The number of carbonyl (C=O) groups excluding carboxylic acids is 1. The fraction of sp³-hybridized carbons (Fsp3) is 0.600. The monoisotopic (exact) mass is 317 g/mol. The number of aromatic nitrogens is 5. The minimum absolute atomic E-state index is 0.173. The molecule has 3 rings (SSSR count). The fourth-order valence-electron chi connectivity index (χ4n) is 2.93. The summed E-state index contributed by atoms with van der Waals surface area (Å²) >= 11 is 0. The Balaban J connectivity index is 1.49. The van der Waals surface area contributed by atoms with E-state index in [0.29, 0.717) is 0 Å². The SMILES string of the molecule is CC[C@@H](C(=O)N1CCN(CCn2cncn2)CC1)n1cccn1. The van der Waals surface area contributed by atoms with Gasteiger partial charge in [-0.3, -0.25) is 19.1 Å². The molecular weight excluding hydrogens is 294 g/mol. The summed E-state index contributed by atoms with van der Waals surface area (Å²) in [5.41, 5.74) is 0. The Labute approximate surface area is 135 Å². The van der Waals surface area contributed by atoms with Crippen molar-refractivity contribution in [3.05, 3.63) is 31.1 Å². The van der Waals surface area contributed by atoms with Gasteiger partial charge in [-0.1, -0.05) is 6.92 Å². The predicted octanol–water partition coefficient (Wildman–Crippen LogP) is 0.270. The first kappa shape index (κ1) is 15.7. The number of nitrogens with zero attached hydrogens (tertiary/aromatic N) is 7. The van der Waals surface area contributed by atoms with Crippen LogP contribution in [0.1, 0.15) is 19.4 Å². The van der Waals surface area contributed by atoms with Gasteiger partial charge in [0.05, 0.1) is 6.54 Å². The maximum atomic E-state index is 12.7. The largest absolute Gasteiger partial charge is 0.338 e. The standard InChI is InChI=1S/C15H23N7O/c1-2-14(22-5-3-4-17-22)15(23)20-9-6-19(7-10-20)8-11-21-13-16-12-18-21/h3-5,12-14H,2,6-11H2,1H3/t14-/m0/s1. The maximum Gasteiger partial charge on any atom is 0.247 e. The zero-order chi connectivity index (χ0) is 16.1. The molecule has 2 aromatic rings. The van der Waals surface area contributed by atoms with Crippen LogP contribution >= 0.6 is 0 Å². The summed E-state index contributed by atoms with van der Waals surface area (Å²) < 4.78 is 3.60. The van der Waals surface area contributed by atoms with E-state index in [1.807, 2.05) is 28.8 Å². The molecule has 3 heterocycles. The van der Waals surface area contributed by atoms with Crippen LogP contribution in [0.15, 0.2) is 31.1 Å². The van der Waals surface area contributed by atoms with E-state index in [1.165, 1.54) is 0 Å². The molecule has 0 radical (unpaired) electrons. The number of hydrogen-bond donors (Lipinski definition) is 0. The van der Waals surface area contributed by atoms with Gasteiger partial charge in [-0.05, 0) is 12.5 Å². The Morgan fingerprint density at radius 1 is 1.17 bits per heavy atom. The van der Waals surface area contributed by atoms with Crippen LogP contribution < -0.4 is 0 Å². The van der Waals surface area contributed by atoms with E-state index in [1.54, 1.807) is 23.5 Å². The van der Waals surface area contributed by atoms with Crippen molar-refractivity contribution in [1.29, 1.82) is 0 Å². The molecule has 2 aromatic heterocycles. The minimum atomic E-state index is -0.188. The summed E-state index contributed by atoms with van der Waals surface area (Å²) in [6.45, 7) is 7.13. The smallest absolute Gasteiger partial charge is 0.247 e. The van der Waals surface area contributed by atoms with Crippen LogP contribution in [-0.4, -0.2) is 73.0 Å². The number of carbonyl (C=O) groups is 1. The van der Waals surface area contributed by atoms with E-state index in [9.17, 15) is 4.79 Å². The zero-order valence-electron chi connectivity index (χ0n) is 13.5. The normalized spacial score (nSPS) is 17.3. The van der Waals surface area contributed by atoms with Crippen molar-refractivity contribution < 1.29 is 4.79 Å². The third-order valence-corrected chi connectivity index (χ3v) is 4.31. The average molecular weight is 317 g/mol. The molecule has 1 aliphatic rings. The molecule has 0 spiro atoms. The van der Waals surface area contributed by atoms with Crippen LogP contribution in [0.25, 0.3) is 0 Å². The second-order valence-electron chi connectivity index (χ2n) is 5.74. The lowest BCUT2D eigenvalue weighted by molar-refractivity contribution is -0.137. The Hall–Kier alpha value is -2.22. The highest BCUT2D eigenvalue weighted by molar-refractivity contribution is 5.80. The van der Waals surface area contributed by atoms with Crippen LogP contribution in [0.5, 0.6) is 0 Å². The summed E-state index contributed by atoms with van der Waals surface area (Å²) in [5.74, 6) is 0.173. The van der Waals surface area contributed by atoms with E-state index in [4.69, 9.17) is 0 Å². The first-order valence-corrected chi connectivity index (χ1v) is 8.10. The van der Waals surface area contributed by atoms with Crippen LogP contribution in [0.4, 0.5) is 0 Å². The molecule has 0 N–H and O–H groups in total. The van der Waals surface area contributed by atoms with Gasteiger partial charge in [-0.15, -0.1) is 0 Å². The third kappa shape index (κ3) is 3.76. The molecular formula is C15H23N7O. The van der Waals surface area contributed by atoms with Gasteiger partial charge >= 0.3 is 0 Å². The Morgan fingerprint density at radius 3 is 2.61 bits per heavy atom. The number of piperazine rings is 1. The van der Waals surface area contributed by atoms with Crippen molar-refractivity contribution in [3.63, 3.8) is 0 Å². The summed E-state index contributed by atoms with van der Waals surface area (Å²) in [7, 11) is 0. The lowest BCUT2D eigenvalue weighted by Crippen LogP contribution is -2.51. The lowest BCUT2D eigenvalue weighted by atomic mass is 10.2. The van der Waals surface area contributed by atoms with Crippen molar-refractivity contribution in [2.45, 2.75) is 25.9 Å². The van der Waals surface area contributed by atoms with Crippen LogP contribution in [0.2, 0.25) is 0 Å². The Morgan fingerprint density at radius 2 is 2.00 bits per heavy atom. The summed E-state index contributed by atoms with van der Waals surface area (Å²) in [5, 5.41) is 8.33. The van der Waals surface area contributed by atoms with Crippen molar-refractivity contribution in [2.24, 2.45) is 0 Å². The molecule has 1 fully saturated rings. The zero-order valence-corrected chi connectivity index (χ0v) is 13.5. The molecule has 0 saturated carbocycles. The van der Waals surface area contributed by atoms with Crippen molar-refractivity contribution in [1.82, 2.24) is 34.3 Å². The van der Waals surface area contributed by atoms with Crippen LogP contribution in [0.3, 0.4) is 0 Å². The van der Waals surface area contributed by atoms with Gasteiger partial charge in [0.25, 0.3) is 0 Å². The molecule has 0 aromatic carbocycles. The number of amides is 1. The van der Waals surface area contributed by atoms with Crippen LogP contribution in [0, 0.1) is 0 Å². The maximum absolute atomic E-state index is 12.7. The highest BCUT2D eigenvalue weighted by Gasteiger charge is 2.27. The summed E-state index contributed by atoms with van der Waals surface area (Å²) in [6.07, 6.45) is 7.62. The minimum Gasteiger partial charge on any atom is -0.338 e. The lowest BCUT2D eigenvalue weighted by Gasteiger charge is -2.36. The number of rotatable bonds is 6. The predicted molar refractivity (Wildman–Crippen MR) is 84.6 cm³/mol. The Bertz CT molecular complexity index is 587. The van der Waals surface area contributed by atoms with Gasteiger partial charge in [-0.25, -0.2) is 4.98 Å². The van der Waals surface area contributed by atoms with Gasteiger partial charge in [0.2, 0.25) is 5.91 Å². The molecule has 1 saturated heterocycles. The topological polar surface area (TPSA) is 72.1 Å². The molecule has 1 atom stereocenters. The Kier molecular flexibility index (Phi) is 5.02.